The van der Waals surface area contributed by atoms with Crippen molar-refractivity contribution in [1.82, 2.24) is 4.90 Å². The van der Waals surface area contributed by atoms with E-state index in [1.54, 1.807) is 13.8 Å². The van der Waals surface area contributed by atoms with Crippen LogP contribution in [0.5, 0.6) is 0 Å². The number of nitrogens with zero attached hydrogens (tertiary/aromatic N) is 1. The van der Waals surface area contributed by atoms with Gasteiger partial charge in [-0.1, -0.05) is 19.8 Å². The van der Waals surface area contributed by atoms with Crippen molar-refractivity contribution in [2.75, 3.05) is 6.54 Å². The van der Waals surface area contributed by atoms with Gasteiger partial charge in [0.25, 0.3) is 0 Å². The fraction of sp³-hybridized carbons (Fsp3) is 0.857. The predicted molar refractivity (Wildman–Crippen MR) is 70.6 cm³/mol. The molecule has 0 saturated heterocycles. The highest BCUT2D eigenvalue weighted by atomic mass is 19.4. The van der Waals surface area contributed by atoms with E-state index < -0.39 is 36.4 Å². The van der Waals surface area contributed by atoms with Gasteiger partial charge in [-0.3, -0.25) is 9.59 Å². The second-order valence-corrected chi connectivity index (χ2v) is 5.66. The molecule has 1 aliphatic rings. The van der Waals surface area contributed by atoms with Crippen LogP contribution in [0.2, 0.25) is 0 Å². The van der Waals surface area contributed by atoms with Crippen LogP contribution in [0.4, 0.5) is 13.2 Å². The quantitative estimate of drug-likeness (QED) is 0.849. The molecule has 0 heterocycles. The zero-order chi connectivity index (χ0) is 16.2. The zero-order valence-electron chi connectivity index (χ0n) is 12.3. The lowest BCUT2D eigenvalue weighted by Crippen LogP contribution is -2.49. The van der Waals surface area contributed by atoms with Crippen LogP contribution in [-0.4, -0.2) is 40.6 Å². The van der Waals surface area contributed by atoms with Crippen molar-refractivity contribution in [3.8, 4) is 0 Å². The number of rotatable bonds is 5. The first kappa shape index (κ1) is 17.8. The van der Waals surface area contributed by atoms with E-state index in [9.17, 15) is 22.8 Å². The number of amides is 1. The topological polar surface area (TPSA) is 57.6 Å². The second kappa shape index (κ2) is 7.13. The number of aliphatic carboxylic acids is 1. The van der Waals surface area contributed by atoms with Gasteiger partial charge in [0.2, 0.25) is 5.91 Å². The SMILES string of the molecule is CCC(C)N(CC(=O)O)C(=O)C1CCCCC1C(F)(F)F. The lowest BCUT2D eigenvalue weighted by Gasteiger charge is -2.37. The first-order valence-corrected chi connectivity index (χ1v) is 7.27. The van der Waals surface area contributed by atoms with E-state index in [0.29, 0.717) is 19.3 Å². The van der Waals surface area contributed by atoms with Crippen LogP contribution in [0.15, 0.2) is 0 Å². The smallest absolute Gasteiger partial charge is 0.392 e. The first-order valence-electron chi connectivity index (χ1n) is 7.27. The molecule has 0 radical (unpaired) electrons. The van der Waals surface area contributed by atoms with Crippen molar-refractivity contribution in [3.63, 3.8) is 0 Å². The Hall–Kier alpha value is -1.27. The number of alkyl halides is 3. The average molecular weight is 309 g/mol. The Bertz CT molecular complexity index is 384. The summed E-state index contributed by atoms with van der Waals surface area (Å²) in [6.07, 6.45) is -2.76. The molecule has 0 bridgehead atoms. The molecular weight excluding hydrogens is 287 g/mol. The fourth-order valence-electron chi connectivity index (χ4n) is 2.85. The normalized spacial score (nSPS) is 24.4. The summed E-state index contributed by atoms with van der Waals surface area (Å²) in [7, 11) is 0. The molecule has 0 aromatic carbocycles. The number of carboxylic acids is 1. The van der Waals surface area contributed by atoms with Crippen LogP contribution in [-0.2, 0) is 9.59 Å². The van der Waals surface area contributed by atoms with Gasteiger partial charge in [0.1, 0.15) is 6.54 Å². The fourth-order valence-corrected chi connectivity index (χ4v) is 2.85. The molecule has 0 aromatic rings. The summed E-state index contributed by atoms with van der Waals surface area (Å²) >= 11 is 0. The van der Waals surface area contributed by atoms with E-state index in [-0.39, 0.29) is 18.9 Å². The minimum absolute atomic E-state index is 0.0542. The number of hydrogen-bond donors (Lipinski definition) is 1. The summed E-state index contributed by atoms with van der Waals surface area (Å²) in [4.78, 5) is 24.4. The number of carboxylic acid groups (broad SMARTS) is 1. The van der Waals surface area contributed by atoms with E-state index in [1.807, 2.05) is 0 Å². The van der Waals surface area contributed by atoms with Crippen molar-refractivity contribution < 1.29 is 27.9 Å². The maximum atomic E-state index is 13.1. The van der Waals surface area contributed by atoms with E-state index in [1.165, 1.54) is 0 Å². The molecule has 0 spiro atoms. The average Bonchev–Trinajstić information content (AvgIpc) is 2.42. The highest BCUT2D eigenvalue weighted by Crippen LogP contribution is 2.42. The Morgan fingerprint density at radius 2 is 1.86 bits per heavy atom. The molecule has 0 aliphatic heterocycles. The molecular formula is C14H22F3NO3. The number of hydrogen-bond acceptors (Lipinski definition) is 2. The van der Waals surface area contributed by atoms with Gasteiger partial charge in [-0.25, -0.2) is 0 Å². The number of carbonyl (C=O) groups is 2. The maximum Gasteiger partial charge on any atom is 0.392 e. The first-order chi connectivity index (χ1) is 9.68. The summed E-state index contributed by atoms with van der Waals surface area (Å²) in [5, 5.41) is 8.89. The Balaban J connectivity index is 2.96. The third kappa shape index (κ3) is 4.61. The molecule has 1 fully saturated rings. The van der Waals surface area contributed by atoms with Crippen LogP contribution in [0, 0.1) is 11.8 Å². The van der Waals surface area contributed by atoms with Gasteiger partial charge in [-0.05, 0) is 26.2 Å². The summed E-state index contributed by atoms with van der Waals surface area (Å²) in [5.74, 6) is -4.68. The summed E-state index contributed by atoms with van der Waals surface area (Å²) in [6, 6.07) is -0.385. The molecule has 1 N–H and O–H groups in total. The van der Waals surface area contributed by atoms with Crippen molar-refractivity contribution in [2.45, 2.75) is 58.2 Å². The van der Waals surface area contributed by atoms with Gasteiger partial charge in [0.15, 0.2) is 0 Å². The van der Waals surface area contributed by atoms with Crippen molar-refractivity contribution in [2.24, 2.45) is 11.8 Å². The van der Waals surface area contributed by atoms with E-state index in [2.05, 4.69) is 0 Å². The lowest BCUT2D eigenvalue weighted by molar-refractivity contribution is -0.201. The van der Waals surface area contributed by atoms with Gasteiger partial charge >= 0.3 is 12.1 Å². The molecule has 122 valence electrons. The Labute approximate surface area is 122 Å². The summed E-state index contributed by atoms with van der Waals surface area (Å²) in [6.45, 7) is 2.89. The monoisotopic (exact) mass is 309 g/mol. The Morgan fingerprint density at radius 1 is 1.29 bits per heavy atom. The number of carbonyl (C=O) groups excluding carboxylic acids is 1. The van der Waals surface area contributed by atoms with Crippen LogP contribution in [0.3, 0.4) is 0 Å². The van der Waals surface area contributed by atoms with Crippen molar-refractivity contribution in [3.05, 3.63) is 0 Å². The molecule has 1 rings (SSSR count). The molecule has 0 aromatic heterocycles. The van der Waals surface area contributed by atoms with Crippen LogP contribution < -0.4 is 0 Å². The third-order valence-corrected chi connectivity index (χ3v) is 4.22. The summed E-state index contributed by atoms with van der Waals surface area (Å²) < 4.78 is 39.2. The Kier molecular flexibility index (Phi) is 6.04. The highest BCUT2D eigenvalue weighted by molar-refractivity contribution is 5.83. The second-order valence-electron chi connectivity index (χ2n) is 5.66. The number of halogens is 3. The molecule has 7 heteroatoms. The van der Waals surface area contributed by atoms with Gasteiger partial charge < -0.3 is 10.0 Å². The van der Waals surface area contributed by atoms with E-state index in [4.69, 9.17) is 5.11 Å². The maximum absolute atomic E-state index is 13.1. The van der Waals surface area contributed by atoms with Crippen LogP contribution in [0.25, 0.3) is 0 Å². The minimum Gasteiger partial charge on any atom is -0.480 e. The van der Waals surface area contributed by atoms with E-state index in [0.717, 1.165) is 4.90 Å². The molecule has 4 nitrogen and oxygen atoms in total. The van der Waals surface area contributed by atoms with Gasteiger partial charge in [0, 0.05) is 12.0 Å². The lowest BCUT2D eigenvalue weighted by atomic mass is 9.77. The molecule has 1 amide bonds. The van der Waals surface area contributed by atoms with Gasteiger partial charge in [0.05, 0.1) is 5.92 Å². The Morgan fingerprint density at radius 3 is 2.33 bits per heavy atom. The molecule has 3 atom stereocenters. The standard InChI is InChI=1S/C14H22F3NO3/c1-3-9(2)18(8-12(19)20)13(21)10-6-4-5-7-11(10)14(15,16)17/h9-11H,3-8H2,1-2H3,(H,19,20). The van der Waals surface area contributed by atoms with Crippen molar-refractivity contribution >= 4 is 11.9 Å². The van der Waals surface area contributed by atoms with Crippen LogP contribution in [0.1, 0.15) is 46.0 Å². The highest BCUT2D eigenvalue weighted by Gasteiger charge is 2.49. The van der Waals surface area contributed by atoms with Crippen molar-refractivity contribution in [1.29, 1.82) is 0 Å². The van der Waals surface area contributed by atoms with Crippen LogP contribution >= 0.6 is 0 Å². The van der Waals surface area contributed by atoms with Gasteiger partial charge in [-0.15, -0.1) is 0 Å². The molecule has 3 unspecified atom stereocenters. The van der Waals surface area contributed by atoms with Gasteiger partial charge in [-0.2, -0.15) is 13.2 Å². The molecule has 21 heavy (non-hydrogen) atoms. The third-order valence-electron chi connectivity index (χ3n) is 4.22. The largest absolute Gasteiger partial charge is 0.480 e. The summed E-state index contributed by atoms with van der Waals surface area (Å²) in [5.41, 5.74) is 0. The molecule has 1 aliphatic carbocycles. The molecule has 1 saturated carbocycles. The minimum atomic E-state index is -4.41. The zero-order valence-corrected chi connectivity index (χ0v) is 12.3. The van der Waals surface area contributed by atoms with E-state index >= 15 is 0 Å². The predicted octanol–water partition coefficient (Wildman–Crippen LogP) is 3.07.